The summed E-state index contributed by atoms with van der Waals surface area (Å²) in [7, 11) is 3.44. The van der Waals surface area contributed by atoms with Gasteiger partial charge in [0, 0.05) is 44.3 Å². The third-order valence-electron chi connectivity index (χ3n) is 7.34. The predicted molar refractivity (Wildman–Crippen MR) is 143 cm³/mol. The molecule has 0 spiro atoms. The molecule has 3 aromatic heterocycles. The van der Waals surface area contributed by atoms with Gasteiger partial charge in [-0.1, -0.05) is 6.08 Å². The number of carbonyl (C=O) groups is 1. The van der Waals surface area contributed by atoms with E-state index in [0.29, 0.717) is 24.2 Å². The van der Waals surface area contributed by atoms with Crippen LogP contribution in [0.5, 0.6) is 0 Å². The van der Waals surface area contributed by atoms with Crippen LogP contribution in [-0.4, -0.2) is 64.5 Å². The molecule has 2 N–H and O–H groups in total. The van der Waals surface area contributed by atoms with Crippen molar-refractivity contribution in [2.45, 2.75) is 70.1 Å². The molecule has 3 heterocycles. The van der Waals surface area contributed by atoms with Crippen LogP contribution < -0.4 is 10.6 Å². The number of hydrogen-bond acceptors (Lipinski definition) is 7. The lowest BCUT2D eigenvalue weighted by atomic mass is 9.93. The average Bonchev–Trinajstić information content (AvgIpc) is 3.22. The molecule has 9 nitrogen and oxygen atoms in total. The van der Waals surface area contributed by atoms with Crippen molar-refractivity contribution in [1.82, 2.24) is 24.9 Å². The van der Waals surface area contributed by atoms with E-state index in [4.69, 9.17) is 14.5 Å². The Hall–Kier alpha value is -3.30. The van der Waals surface area contributed by atoms with Crippen molar-refractivity contribution in [2.75, 3.05) is 26.1 Å². The van der Waals surface area contributed by atoms with Gasteiger partial charge in [0.15, 0.2) is 0 Å². The van der Waals surface area contributed by atoms with Gasteiger partial charge in [-0.3, -0.25) is 4.79 Å². The van der Waals surface area contributed by atoms with Crippen LogP contribution in [0.3, 0.4) is 0 Å². The number of ether oxygens (including phenoxy) is 2. The van der Waals surface area contributed by atoms with Crippen LogP contribution in [0.4, 0.5) is 5.95 Å². The maximum absolute atomic E-state index is 13.2. The van der Waals surface area contributed by atoms with Crippen LogP contribution in [0, 0.1) is 0 Å². The second kappa shape index (κ2) is 11.4. The monoisotopic (exact) mass is 504 g/mol. The molecule has 0 radical (unpaired) electrons. The van der Waals surface area contributed by atoms with E-state index in [1.165, 1.54) is 0 Å². The van der Waals surface area contributed by atoms with Gasteiger partial charge in [0.05, 0.1) is 35.7 Å². The van der Waals surface area contributed by atoms with Crippen molar-refractivity contribution in [3.63, 3.8) is 0 Å². The van der Waals surface area contributed by atoms with Gasteiger partial charge in [0.1, 0.15) is 0 Å². The maximum atomic E-state index is 13.2. The van der Waals surface area contributed by atoms with Crippen LogP contribution in [0.2, 0.25) is 0 Å². The van der Waals surface area contributed by atoms with Crippen molar-refractivity contribution < 1.29 is 14.3 Å². The number of nitrogens with zero attached hydrogens (tertiary/aromatic N) is 4. The quantitative estimate of drug-likeness (QED) is 0.478. The fourth-order valence-corrected chi connectivity index (χ4v) is 5.34. The van der Waals surface area contributed by atoms with Gasteiger partial charge < -0.3 is 20.1 Å². The molecule has 37 heavy (non-hydrogen) atoms. The molecule has 3 aromatic rings. The van der Waals surface area contributed by atoms with Gasteiger partial charge in [-0.05, 0) is 75.1 Å². The maximum Gasteiger partial charge on any atom is 0.255 e. The minimum absolute atomic E-state index is 0.0764. The summed E-state index contributed by atoms with van der Waals surface area (Å²) >= 11 is 0. The SMILES string of the molecule is COC[C@H](C)Nc1ncc2c(n1)CCCC=C2c1ccn2ncc(C(=O)NC3CCC(OC)CC3)c2c1. The Kier molecular flexibility index (Phi) is 7.81. The molecular formula is C28H36N6O3. The van der Waals surface area contributed by atoms with Gasteiger partial charge in [-0.25, -0.2) is 14.5 Å². The fraction of sp³-hybridized carbons (Fsp3) is 0.500. The number of pyridine rings is 1. The smallest absolute Gasteiger partial charge is 0.255 e. The highest BCUT2D eigenvalue weighted by atomic mass is 16.5. The highest BCUT2D eigenvalue weighted by Crippen LogP contribution is 2.31. The number of nitrogens with one attached hydrogen (secondary N) is 2. The van der Waals surface area contributed by atoms with Crippen molar-refractivity contribution in [3.05, 3.63) is 59.2 Å². The lowest BCUT2D eigenvalue weighted by Gasteiger charge is -2.28. The highest BCUT2D eigenvalue weighted by Gasteiger charge is 2.24. The first kappa shape index (κ1) is 25.4. The van der Waals surface area contributed by atoms with E-state index in [2.05, 4.69) is 32.9 Å². The van der Waals surface area contributed by atoms with Crippen LogP contribution >= 0.6 is 0 Å². The third kappa shape index (κ3) is 5.67. The number of rotatable bonds is 8. The van der Waals surface area contributed by atoms with Crippen LogP contribution in [0.1, 0.15) is 72.6 Å². The van der Waals surface area contributed by atoms with Gasteiger partial charge >= 0.3 is 0 Å². The predicted octanol–water partition coefficient (Wildman–Crippen LogP) is 4.03. The van der Waals surface area contributed by atoms with Crippen molar-refractivity contribution in [2.24, 2.45) is 0 Å². The first-order valence-corrected chi connectivity index (χ1v) is 13.2. The number of hydrogen-bond donors (Lipinski definition) is 2. The molecule has 0 aromatic carbocycles. The van der Waals surface area contributed by atoms with Crippen LogP contribution in [0.15, 0.2) is 36.8 Å². The van der Waals surface area contributed by atoms with Gasteiger partial charge in [-0.2, -0.15) is 5.10 Å². The molecule has 0 unspecified atom stereocenters. The van der Waals surface area contributed by atoms with Crippen LogP contribution in [-0.2, 0) is 15.9 Å². The first-order valence-electron chi connectivity index (χ1n) is 13.2. The standard InChI is InChI=1S/C28H36N6O3/c1-18(17-36-2)31-28-29-15-23-22(6-4-5-7-25(23)33-28)19-12-13-34-26(14-19)24(16-30-34)27(35)32-20-8-10-21(37-3)11-9-20/h6,12-16,18,20-21H,4-5,7-11,17H2,1-3H3,(H,32,35)(H,29,31,33)/t18-,20?,21?/m0/s1. The summed E-state index contributed by atoms with van der Waals surface area (Å²) in [5, 5.41) is 11.0. The Labute approximate surface area is 217 Å². The number of allylic oxidation sites excluding steroid dienone is 1. The zero-order valence-electron chi connectivity index (χ0n) is 21.9. The molecule has 0 aliphatic heterocycles. The van der Waals surface area contributed by atoms with Gasteiger partial charge in [0.2, 0.25) is 5.95 Å². The second-order valence-electron chi connectivity index (χ2n) is 10.1. The molecule has 1 fully saturated rings. The highest BCUT2D eigenvalue weighted by molar-refractivity contribution is 6.01. The zero-order valence-corrected chi connectivity index (χ0v) is 21.9. The number of aromatic nitrogens is 4. The normalized spacial score (nSPS) is 20.6. The molecule has 9 heteroatoms. The molecule has 0 saturated heterocycles. The zero-order chi connectivity index (χ0) is 25.8. The van der Waals surface area contributed by atoms with Crippen molar-refractivity contribution in [3.8, 4) is 0 Å². The summed E-state index contributed by atoms with van der Waals surface area (Å²) in [5.74, 6) is 0.543. The number of fused-ring (bicyclic) bond motifs is 2. The number of carbonyl (C=O) groups excluding carboxylic acids is 1. The van der Waals surface area contributed by atoms with E-state index < -0.39 is 0 Å². The van der Waals surface area contributed by atoms with E-state index in [9.17, 15) is 4.79 Å². The van der Waals surface area contributed by atoms with E-state index in [1.54, 1.807) is 24.9 Å². The Balaban J connectivity index is 1.39. The fourth-order valence-electron chi connectivity index (χ4n) is 5.34. The molecule has 5 rings (SSSR count). The van der Waals surface area contributed by atoms with E-state index in [-0.39, 0.29) is 18.0 Å². The lowest BCUT2D eigenvalue weighted by molar-refractivity contribution is 0.0599. The van der Waals surface area contributed by atoms with Crippen molar-refractivity contribution >= 4 is 22.9 Å². The van der Waals surface area contributed by atoms with Crippen molar-refractivity contribution in [1.29, 1.82) is 0 Å². The third-order valence-corrected chi connectivity index (χ3v) is 7.34. The van der Waals surface area contributed by atoms with Gasteiger partial charge in [-0.15, -0.1) is 0 Å². The molecule has 0 bridgehead atoms. The van der Waals surface area contributed by atoms with E-state index in [0.717, 1.165) is 72.9 Å². The minimum Gasteiger partial charge on any atom is -0.383 e. The molecule has 2 aliphatic rings. The average molecular weight is 505 g/mol. The number of amides is 1. The Morgan fingerprint density at radius 3 is 2.84 bits per heavy atom. The summed E-state index contributed by atoms with van der Waals surface area (Å²) in [6.45, 7) is 2.63. The molecule has 196 valence electrons. The minimum atomic E-state index is -0.0764. The number of aryl methyl sites for hydroxylation is 1. The lowest BCUT2D eigenvalue weighted by Crippen LogP contribution is -2.38. The molecule has 1 atom stereocenters. The Morgan fingerprint density at radius 1 is 1.22 bits per heavy atom. The largest absolute Gasteiger partial charge is 0.383 e. The first-order chi connectivity index (χ1) is 18.1. The summed E-state index contributed by atoms with van der Waals surface area (Å²) in [4.78, 5) is 22.6. The summed E-state index contributed by atoms with van der Waals surface area (Å²) in [6, 6.07) is 4.38. The van der Waals surface area contributed by atoms with E-state index >= 15 is 0 Å². The molecule has 1 amide bonds. The Bertz CT molecular complexity index is 1280. The molecule has 1 saturated carbocycles. The van der Waals surface area contributed by atoms with Gasteiger partial charge in [0.25, 0.3) is 5.91 Å². The summed E-state index contributed by atoms with van der Waals surface area (Å²) in [6.07, 6.45) is 14.7. The molecule has 2 aliphatic carbocycles. The van der Waals surface area contributed by atoms with E-state index in [1.807, 2.05) is 25.4 Å². The Morgan fingerprint density at radius 2 is 2.05 bits per heavy atom. The molecular weight excluding hydrogens is 468 g/mol. The second-order valence-corrected chi connectivity index (χ2v) is 10.1. The summed E-state index contributed by atoms with van der Waals surface area (Å²) < 4.78 is 12.4. The number of anilines is 1. The summed E-state index contributed by atoms with van der Waals surface area (Å²) in [5.41, 5.74) is 5.57. The van der Waals surface area contributed by atoms with Crippen LogP contribution in [0.25, 0.3) is 11.1 Å². The number of methoxy groups -OCH3 is 2. The topological polar surface area (TPSA) is 103 Å².